The van der Waals surface area contributed by atoms with Crippen LogP contribution in [0.2, 0.25) is 0 Å². The van der Waals surface area contributed by atoms with Crippen molar-refractivity contribution >= 4 is 12.1 Å². The molecule has 2 unspecified atom stereocenters. The minimum absolute atomic E-state index is 0.0626. The summed E-state index contributed by atoms with van der Waals surface area (Å²) in [6.45, 7) is 0.665. The van der Waals surface area contributed by atoms with Crippen LogP contribution < -0.4 is 5.32 Å². The zero-order valence-electron chi connectivity index (χ0n) is 15.5. The van der Waals surface area contributed by atoms with E-state index in [9.17, 15) is 14.7 Å². The topological polar surface area (TPSA) is 84.9 Å². The zero-order valence-corrected chi connectivity index (χ0v) is 15.5. The van der Waals surface area contributed by atoms with Crippen molar-refractivity contribution in [2.75, 3.05) is 13.2 Å². The normalized spacial score (nSPS) is 19.4. The molecule has 6 heteroatoms. The first-order chi connectivity index (χ1) is 13.6. The van der Waals surface area contributed by atoms with Gasteiger partial charge in [0.15, 0.2) is 6.04 Å². The molecule has 1 aliphatic carbocycles. The number of alkyl carbamates (subject to hydrolysis) is 1. The predicted molar refractivity (Wildman–Crippen MR) is 103 cm³/mol. The lowest BCUT2D eigenvalue weighted by atomic mass is 9.98. The Kier molecular flexibility index (Phi) is 5.30. The highest BCUT2D eigenvalue weighted by Crippen LogP contribution is 2.44. The molecule has 1 fully saturated rings. The van der Waals surface area contributed by atoms with Gasteiger partial charge >= 0.3 is 12.1 Å². The molecule has 6 nitrogen and oxygen atoms in total. The first-order valence-corrected chi connectivity index (χ1v) is 9.61. The molecule has 28 heavy (non-hydrogen) atoms. The molecule has 146 valence electrons. The number of carboxylic acids is 1. The molecule has 0 spiro atoms. The van der Waals surface area contributed by atoms with Crippen LogP contribution in [0.3, 0.4) is 0 Å². The van der Waals surface area contributed by atoms with Crippen LogP contribution in [-0.2, 0) is 14.3 Å². The van der Waals surface area contributed by atoms with Crippen molar-refractivity contribution in [3.8, 4) is 11.1 Å². The molecule has 2 N–H and O–H groups in total. The fraction of sp³-hybridized carbons (Fsp3) is 0.364. The van der Waals surface area contributed by atoms with Crippen LogP contribution in [0.15, 0.2) is 48.5 Å². The molecule has 4 rings (SSSR count). The van der Waals surface area contributed by atoms with E-state index in [4.69, 9.17) is 9.47 Å². The Morgan fingerprint density at radius 2 is 1.71 bits per heavy atom. The van der Waals surface area contributed by atoms with E-state index >= 15 is 0 Å². The molecule has 0 bridgehead atoms. The quantitative estimate of drug-likeness (QED) is 0.827. The van der Waals surface area contributed by atoms with E-state index in [0.29, 0.717) is 13.0 Å². The highest BCUT2D eigenvalue weighted by molar-refractivity contribution is 5.81. The standard InChI is InChI=1S/C22H23NO5/c24-21(25)20(19-11-5-6-12-27-19)23-22(26)28-13-18-16-9-3-1-7-14(16)15-8-2-4-10-17(15)18/h1-4,7-10,18-20H,5-6,11-13H2,(H,23,26)(H,24,25). The summed E-state index contributed by atoms with van der Waals surface area (Å²) in [5.74, 6) is -1.17. The molecule has 1 saturated heterocycles. The van der Waals surface area contributed by atoms with Gasteiger partial charge in [0.05, 0.1) is 6.10 Å². The van der Waals surface area contributed by atoms with Crippen molar-refractivity contribution < 1.29 is 24.2 Å². The Bertz CT molecular complexity index is 829. The summed E-state index contributed by atoms with van der Waals surface area (Å²) in [6.07, 6.45) is 1.16. The number of aliphatic carboxylic acids is 1. The van der Waals surface area contributed by atoms with Crippen LogP contribution in [0.1, 0.15) is 36.3 Å². The largest absolute Gasteiger partial charge is 0.480 e. The average molecular weight is 381 g/mol. The zero-order chi connectivity index (χ0) is 19.5. The van der Waals surface area contributed by atoms with Gasteiger partial charge in [0.25, 0.3) is 0 Å². The van der Waals surface area contributed by atoms with Gasteiger partial charge in [-0.2, -0.15) is 0 Å². The number of nitrogens with one attached hydrogen (secondary N) is 1. The Morgan fingerprint density at radius 3 is 2.29 bits per heavy atom. The smallest absolute Gasteiger partial charge is 0.407 e. The lowest BCUT2D eigenvalue weighted by Gasteiger charge is -2.28. The molecular weight excluding hydrogens is 358 g/mol. The molecule has 2 aliphatic rings. The van der Waals surface area contributed by atoms with Crippen LogP contribution in [-0.4, -0.2) is 42.5 Å². The Labute approximate surface area is 163 Å². The number of carboxylic acid groups (broad SMARTS) is 1. The maximum Gasteiger partial charge on any atom is 0.407 e. The summed E-state index contributed by atoms with van der Waals surface area (Å²) in [4.78, 5) is 23.9. The number of hydrogen-bond acceptors (Lipinski definition) is 4. The fourth-order valence-corrected chi connectivity index (χ4v) is 4.11. The van der Waals surface area contributed by atoms with Crippen LogP contribution in [0, 0.1) is 0 Å². The van der Waals surface area contributed by atoms with Gasteiger partial charge in [-0.25, -0.2) is 9.59 Å². The van der Waals surface area contributed by atoms with Gasteiger partial charge in [0.1, 0.15) is 6.61 Å². The second-order valence-electron chi connectivity index (χ2n) is 7.19. The number of ether oxygens (including phenoxy) is 2. The summed E-state index contributed by atoms with van der Waals surface area (Å²) in [7, 11) is 0. The fourth-order valence-electron chi connectivity index (χ4n) is 4.11. The summed E-state index contributed by atoms with van der Waals surface area (Å²) in [6, 6.07) is 15.0. The number of benzene rings is 2. The first-order valence-electron chi connectivity index (χ1n) is 9.61. The van der Waals surface area contributed by atoms with E-state index in [1.807, 2.05) is 36.4 Å². The van der Waals surface area contributed by atoms with Gasteiger partial charge in [-0.3, -0.25) is 0 Å². The molecule has 0 radical (unpaired) electrons. The summed E-state index contributed by atoms with van der Waals surface area (Å²) < 4.78 is 11.0. The molecule has 2 aromatic carbocycles. The maximum absolute atomic E-state index is 12.3. The average Bonchev–Trinajstić information content (AvgIpc) is 3.05. The van der Waals surface area contributed by atoms with E-state index in [1.165, 1.54) is 0 Å². The molecule has 0 saturated carbocycles. The van der Waals surface area contributed by atoms with E-state index in [1.54, 1.807) is 0 Å². The van der Waals surface area contributed by atoms with Gasteiger partial charge in [-0.15, -0.1) is 0 Å². The maximum atomic E-state index is 12.3. The van der Waals surface area contributed by atoms with Crippen molar-refractivity contribution in [3.05, 3.63) is 59.7 Å². The van der Waals surface area contributed by atoms with E-state index in [-0.39, 0.29) is 12.5 Å². The molecule has 2 atom stereocenters. The van der Waals surface area contributed by atoms with Gasteiger partial charge in [-0.05, 0) is 41.5 Å². The molecular formula is C22H23NO5. The van der Waals surface area contributed by atoms with Gasteiger partial charge in [-0.1, -0.05) is 48.5 Å². The van der Waals surface area contributed by atoms with Crippen molar-refractivity contribution in [2.24, 2.45) is 0 Å². The monoisotopic (exact) mass is 381 g/mol. The van der Waals surface area contributed by atoms with Crippen LogP contribution in [0.25, 0.3) is 11.1 Å². The number of carbonyl (C=O) groups excluding carboxylic acids is 1. The van der Waals surface area contributed by atoms with Crippen LogP contribution in [0.5, 0.6) is 0 Å². The lowest BCUT2D eigenvalue weighted by Crippen LogP contribution is -2.50. The second-order valence-corrected chi connectivity index (χ2v) is 7.19. The molecule has 1 heterocycles. The minimum Gasteiger partial charge on any atom is -0.480 e. The minimum atomic E-state index is -1.11. The van der Waals surface area contributed by atoms with E-state index in [0.717, 1.165) is 35.1 Å². The molecule has 1 amide bonds. The third-order valence-electron chi connectivity index (χ3n) is 5.47. The van der Waals surface area contributed by atoms with E-state index in [2.05, 4.69) is 17.4 Å². The predicted octanol–water partition coefficient (Wildman–Crippen LogP) is 3.55. The van der Waals surface area contributed by atoms with Gasteiger partial charge in [0, 0.05) is 12.5 Å². The highest BCUT2D eigenvalue weighted by Gasteiger charge is 2.33. The Hall–Kier alpha value is -2.86. The van der Waals surface area contributed by atoms with Gasteiger partial charge in [0.2, 0.25) is 0 Å². The second kappa shape index (κ2) is 8.02. The number of amides is 1. The Balaban J connectivity index is 1.44. The summed E-state index contributed by atoms with van der Waals surface area (Å²) >= 11 is 0. The van der Waals surface area contributed by atoms with Crippen LogP contribution >= 0.6 is 0 Å². The molecule has 0 aromatic heterocycles. The number of carbonyl (C=O) groups is 2. The van der Waals surface area contributed by atoms with Crippen molar-refractivity contribution in [2.45, 2.75) is 37.3 Å². The van der Waals surface area contributed by atoms with Crippen molar-refractivity contribution in [1.29, 1.82) is 0 Å². The van der Waals surface area contributed by atoms with Crippen molar-refractivity contribution in [1.82, 2.24) is 5.32 Å². The third kappa shape index (κ3) is 3.60. The van der Waals surface area contributed by atoms with Crippen molar-refractivity contribution in [3.63, 3.8) is 0 Å². The number of hydrogen-bond donors (Lipinski definition) is 2. The number of rotatable bonds is 5. The summed E-state index contributed by atoms with van der Waals surface area (Å²) in [5, 5.41) is 11.9. The number of fused-ring (bicyclic) bond motifs is 3. The lowest BCUT2D eigenvalue weighted by molar-refractivity contribution is -0.144. The van der Waals surface area contributed by atoms with E-state index < -0.39 is 24.2 Å². The summed E-state index contributed by atoms with van der Waals surface area (Å²) in [5.41, 5.74) is 4.51. The first kappa shape index (κ1) is 18.5. The molecule has 2 aromatic rings. The molecule has 1 aliphatic heterocycles. The van der Waals surface area contributed by atoms with Crippen LogP contribution in [0.4, 0.5) is 4.79 Å². The van der Waals surface area contributed by atoms with Gasteiger partial charge < -0.3 is 19.9 Å². The SMILES string of the molecule is O=C(NC(C(=O)O)C1CCCCO1)OCC1c2ccccc2-c2ccccc21. The Morgan fingerprint density at radius 1 is 1.07 bits per heavy atom. The highest BCUT2D eigenvalue weighted by atomic mass is 16.6. The third-order valence-corrected chi connectivity index (χ3v) is 5.47.